The first-order chi connectivity index (χ1) is 9.43. The SMILES string of the molecule is CNCc1ccc(N(CCN(C)C)CC(C)C)cc1C. The number of hydrogen-bond donors (Lipinski definition) is 1. The molecular formula is C17H31N3. The molecule has 0 saturated carbocycles. The molecule has 0 saturated heterocycles. The second-order valence-corrected chi connectivity index (χ2v) is 6.28. The van der Waals surface area contributed by atoms with Gasteiger partial charge in [-0.15, -0.1) is 0 Å². The van der Waals surface area contributed by atoms with Crippen LogP contribution in [0.3, 0.4) is 0 Å². The Labute approximate surface area is 125 Å². The van der Waals surface area contributed by atoms with Gasteiger partial charge < -0.3 is 15.1 Å². The van der Waals surface area contributed by atoms with Gasteiger partial charge in [0.1, 0.15) is 0 Å². The standard InChI is InChI=1S/C17H31N3/c1-14(2)13-20(10-9-19(5)6)17-8-7-16(12-18-4)15(3)11-17/h7-8,11,14,18H,9-10,12-13H2,1-6H3. The third-order valence-corrected chi connectivity index (χ3v) is 3.46. The van der Waals surface area contributed by atoms with Gasteiger partial charge in [-0.1, -0.05) is 19.9 Å². The van der Waals surface area contributed by atoms with Crippen LogP contribution in [0.4, 0.5) is 5.69 Å². The fourth-order valence-corrected chi connectivity index (χ4v) is 2.35. The van der Waals surface area contributed by atoms with Crippen molar-refractivity contribution in [2.45, 2.75) is 27.3 Å². The summed E-state index contributed by atoms with van der Waals surface area (Å²) in [6.45, 7) is 11.0. The normalized spacial score (nSPS) is 11.4. The number of nitrogens with one attached hydrogen (secondary N) is 1. The number of likely N-dealkylation sites (N-methyl/N-ethyl adjacent to an activating group) is 1. The summed E-state index contributed by atoms with van der Waals surface area (Å²) in [5.41, 5.74) is 4.10. The molecule has 1 aromatic rings. The summed E-state index contributed by atoms with van der Waals surface area (Å²) in [5.74, 6) is 0.675. The molecule has 0 fully saturated rings. The van der Waals surface area contributed by atoms with E-state index in [1.807, 2.05) is 7.05 Å². The van der Waals surface area contributed by atoms with Crippen LogP contribution in [0.15, 0.2) is 18.2 Å². The zero-order valence-electron chi connectivity index (χ0n) is 14.0. The van der Waals surface area contributed by atoms with E-state index >= 15 is 0 Å². The molecule has 20 heavy (non-hydrogen) atoms. The third-order valence-electron chi connectivity index (χ3n) is 3.46. The van der Waals surface area contributed by atoms with Gasteiger partial charge in [-0.3, -0.25) is 0 Å². The molecule has 1 rings (SSSR count). The highest BCUT2D eigenvalue weighted by Crippen LogP contribution is 2.20. The zero-order chi connectivity index (χ0) is 15.1. The maximum atomic E-state index is 3.23. The van der Waals surface area contributed by atoms with Gasteiger partial charge in [0.05, 0.1) is 0 Å². The van der Waals surface area contributed by atoms with Crippen molar-refractivity contribution in [3.63, 3.8) is 0 Å². The van der Waals surface area contributed by atoms with Gasteiger partial charge in [0.25, 0.3) is 0 Å². The Kier molecular flexibility index (Phi) is 7.03. The predicted octanol–water partition coefficient (Wildman–Crippen LogP) is 2.74. The van der Waals surface area contributed by atoms with E-state index in [9.17, 15) is 0 Å². The number of anilines is 1. The van der Waals surface area contributed by atoms with Crippen LogP contribution < -0.4 is 10.2 Å². The smallest absolute Gasteiger partial charge is 0.0369 e. The molecule has 0 spiro atoms. The summed E-state index contributed by atoms with van der Waals surface area (Å²) in [4.78, 5) is 4.75. The largest absolute Gasteiger partial charge is 0.370 e. The fourth-order valence-electron chi connectivity index (χ4n) is 2.35. The van der Waals surface area contributed by atoms with E-state index in [0.29, 0.717) is 5.92 Å². The van der Waals surface area contributed by atoms with Crippen molar-refractivity contribution in [1.82, 2.24) is 10.2 Å². The summed E-state index contributed by atoms with van der Waals surface area (Å²) in [6.07, 6.45) is 0. The second-order valence-electron chi connectivity index (χ2n) is 6.28. The van der Waals surface area contributed by atoms with Crippen LogP contribution in [0.1, 0.15) is 25.0 Å². The van der Waals surface area contributed by atoms with Crippen LogP contribution in [0.25, 0.3) is 0 Å². The number of hydrogen-bond acceptors (Lipinski definition) is 3. The van der Waals surface area contributed by atoms with E-state index in [0.717, 1.165) is 26.2 Å². The highest BCUT2D eigenvalue weighted by Gasteiger charge is 2.10. The van der Waals surface area contributed by atoms with Crippen LogP contribution in [0.5, 0.6) is 0 Å². The molecule has 0 aliphatic heterocycles. The highest BCUT2D eigenvalue weighted by atomic mass is 15.2. The van der Waals surface area contributed by atoms with E-state index in [2.05, 4.69) is 68.2 Å². The van der Waals surface area contributed by atoms with Crippen LogP contribution in [0.2, 0.25) is 0 Å². The van der Waals surface area contributed by atoms with E-state index in [-0.39, 0.29) is 0 Å². The Balaban J connectivity index is 2.86. The molecule has 1 N–H and O–H groups in total. The lowest BCUT2D eigenvalue weighted by molar-refractivity contribution is 0.409. The number of rotatable bonds is 8. The summed E-state index contributed by atoms with van der Waals surface area (Å²) in [5, 5.41) is 3.23. The molecule has 1 aromatic carbocycles. The molecular weight excluding hydrogens is 246 g/mol. The minimum Gasteiger partial charge on any atom is -0.370 e. The Morgan fingerprint density at radius 1 is 1.15 bits per heavy atom. The zero-order valence-corrected chi connectivity index (χ0v) is 14.0. The Hall–Kier alpha value is -1.06. The molecule has 0 atom stereocenters. The minimum atomic E-state index is 0.675. The average molecular weight is 277 g/mol. The first-order valence-electron chi connectivity index (χ1n) is 7.57. The first kappa shape index (κ1) is 17.0. The summed E-state index contributed by atoms with van der Waals surface area (Å²) >= 11 is 0. The summed E-state index contributed by atoms with van der Waals surface area (Å²) < 4.78 is 0. The Morgan fingerprint density at radius 2 is 1.85 bits per heavy atom. The van der Waals surface area contributed by atoms with Gasteiger partial charge in [0.2, 0.25) is 0 Å². The van der Waals surface area contributed by atoms with Crippen molar-refractivity contribution >= 4 is 5.69 Å². The van der Waals surface area contributed by atoms with E-state index in [1.165, 1.54) is 16.8 Å². The van der Waals surface area contributed by atoms with E-state index < -0.39 is 0 Å². The Bertz CT molecular complexity index is 399. The minimum absolute atomic E-state index is 0.675. The molecule has 0 unspecified atom stereocenters. The number of nitrogens with zero attached hydrogens (tertiary/aromatic N) is 2. The van der Waals surface area contributed by atoms with Gasteiger partial charge in [-0.25, -0.2) is 0 Å². The highest BCUT2D eigenvalue weighted by molar-refractivity contribution is 5.51. The van der Waals surface area contributed by atoms with E-state index in [4.69, 9.17) is 0 Å². The van der Waals surface area contributed by atoms with Crippen LogP contribution >= 0.6 is 0 Å². The van der Waals surface area contributed by atoms with Crippen molar-refractivity contribution < 1.29 is 0 Å². The lowest BCUT2D eigenvalue weighted by Crippen LogP contribution is -2.34. The van der Waals surface area contributed by atoms with Crippen LogP contribution in [0, 0.1) is 12.8 Å². The molecule has 0 bridgehead atoms. The molecule has 0 aliphatic rings. The Morgan fingerprint density at radius 3 is 2.35 bits per heavy atom. The van der Waals surface area contributed by atoms with Crippen molar-refractivity contribution in [3.8, 4) is 0 Å². The molecule has 3 heteroatoms. The fraction of sp³-hybridized carbons (Fsp3) is 0.647. The average Bonchev–Trinajstić information content (AvgIpc) is 2.36. The second kappa shape index (κ2) is 8.28. The molecule has 0 amide bonds. The topological polar surface area (TPSA) is 18.5 Å². The monoisotopic (exact) mass is 277 g/mol. The predicted molar refractivity (Wildman–Crippen MR) is 89.5 cm³/mol. The van der Waals surface area contributed by atoms with Gasteiger partial charge in [0.15, 0.2) is 0 Å². The van der Waals surface area contributed by atoms with Crippen molar-refractivity contribution in [2.24, 2.45) is 5.92 Å². The van der Waals surface area contributed by atoms with Gasteiger partial charge in [-0.2, -0.15) is 0 Å². The molecule has 3 nitrogen and oxygen atoms in total. The first-order valence-corrected chi connectivity index (χ1v) is 7.57. The van der Waals surface area contributed by atoms with Gasteiger partial charge >= 0.3 is 0 Å². The molecule has 114 valence electrons. The maximum Gasteiger partial charge on any atom is 0.0369 e. The van der Waals surface area contributed by atoms with Crippen molar-refractivity contribution in [2.75, 3.05) is 45.7 Å². The number of aryl methyl sites for hydroxylation is 1. The quantitative estimate of drug-likeness (QED) is 0.788. The lowest BCUT2D eigenvalue weighted by Gasteiger charge is -2.28. The van der Waals surface area contributed by atoms with Crippen molar-refractivity contribution in [1.29, 1.82) is 0 Å². The molecule has 0 radical (unpaired) electrons. The number of benzene rings is 1. The lowest BCUT2D eigenvalue weighted by atomic mass is 10.1. The maximum absolute atomic E-state index is 3.23. The van der Waals surface area contributed by atoms with Gasteiger partial charge in [0, 0.05) is 31.9 Å². The third kappa shape index (κ3) is 5.51. The summed E-state index contributed by atoms with van der Waals surface area (Å²) in [6, 6.07) is 6.84. The molecule has 0 aliphatic carbocycles. The molecule has 0 aromatic heterocycles. The summed E-state index contributed by atoms with van der Waals surface area (Å²) in [7, 11) is 6.26. The van der Waals surface area contributed by atoms with Crippen molar-refractivity contribution in [3.05, 3.63) is 29.3 Å². The van der Waals surface area contributed by atoms with E-state index in [1.54, 1.807) is 0 Å². The van der Waals surface area contributed by atoms with Crippen LogP contribution in [-0.2, 0) is 6.54 Å². The van der Waals surface area contributed by atoms with Gasteiger partial charge in [-0.05, 0) is 57.2 Å². The van der Waals surface area contributed by atoms with Crippen LogP contribution in [-0.4, -0.2) is 45.7 Å². The molecule has 0 heterocycles.